The highest BCUT2D eigenvalue weighted by molar-refractivity contribution is 5.82. The van der Waals surface area contributed by atoms with Gasteiger partial charge in [0.2, 0.25) is 17.6 Å². The molecular formula is C31H33F2N5O6. The average Bonchev–Trinajstić information content (AvgIpc) is 3.02. The SMILES string of the molecule is COc1cc(C(O)(CCN(C)C)C(c2cc3cc(C#N)ccc3nc2OC)c2ccnc(OC)c2OC)cc(OC(F)F)n1. The monoisotopic (exact) mass is 609 g/mol. The minimum absolute atomic E-state index is 0.0540. The van der Waals surface area contributed by atoms with Gasteiger partial charge in [-0.2, -0.15) is 19.0 Å². The fourth-order valence-corrected chi connectivity index (χ4v) is 5.15. The molecule has 1 aromatic carbocycles. The van der Waals surface area contributed by atoms with Crippen molar-refractivity contribution in [2.45, 2.75) is 24.6 Å². The molecule has 11 nitrogen and oxygen atoms in total. The number of halogens is 2. The Morgan fingerprint density at radius 1 is 0.909 bits per heavy atom. The van der Waals surface area contributed by atoms with Crippen molar-refractivity contribution in [3.05, 3.63) is 70.9 Å². The van der Waals surface area contributed by atoms with Crippen molar-refractivity contribution in [2.24, 2.45) is 0 Å². The van der Waals surface area contributed by atoms with E-state index in [1.165, 1.54) is 46.8 Å². The third-order valence-corrected chi connectivity index (χ3v) is 7.17. The smallest absolute Gasteiger partial charge is 0.388 e. The van der Waals surface area contributed by atoms with E-state index in [2.05, 4.69) is 20.8 Å². The van der Waals surface area contributed by atoms with Crippen molar-refractivity contribution in [2.75, 3.05) is 49.1 Å². The van der Waals surface area contributed by atoms with Crippen molar-refractivity contribution < 1.29 is 37.6 Å². The summed E-state index contributed by atoms with van der Waals surface area (Å²) in [6.07, 6.45) is 1.57. The summed E-state index contributed by atoms with van der Waals surface area (Å²) in [7, 11) is 9.33. The molecule has 2 atom stereocenters. The molecule has 0 saturated carbocycles. The number of hydrogen-bond donors (Lipinski definition) is 1. The van der Waals surface area contributed by atoms with Crippen LogP contribution in [0.25, 0.3) is 10.9 Å². The first-order chi connectivity index (χ1) is 21.1. The average molecular weight is 610 g/mol. The van der Waals surface area contributed by atoms with E-state index >= 15 is 0 Å². The molecule has 232 valence electrons. The van der Waals surface area contributed by atoms with Crippen LogP contribution in [0.4, 0.5) is 8.78 Å². The molecule has 13 heteroatoms. The first kappa shape index (κ1) is 32.1. The largest absolute Gasteiger partial charge is 0.491 e. The van der Waals surface area contributed by atoms with Crippen LogP contribution in [-0.2, 0) is 5.60 Å². The zero-order valence-corrected chi connectivity index (χ0v) is 25.2. The molecule has 0 amide bonds. The molecule has 44 heavy (non-hydrogen) atoms. The van der Waals surface area contributed by atoms with Crippen molar-refractivity contribution in [1.82, 2.24) is 19.9 Å². The maximum absolute atomic E-state index is 13.4. The van der Waals surface area contributed by atoms with Gasteiger partial charge in [0, 0.05) is 41.4 Å². The summed E-state index contributed by atoms with van der Waals surface area (Å²) >= 11 is 0. The molecule has 1 N–H and O–H groups in total. The van der Waals surface area contributed by atoms with E-state index in [0.29, 0.717) is 34.1 Å². The van der Waals surface area contributed by atoms with Gasteiger partial charge < -0.3 is 33.7 Å². The molecule has 0 aliphatic heterocycles. The van der Waals surface area contributed by atoms with Crippen molar-refractivity contribution in [3.8, 4) is 35.3 Å². The summed E-state index contributed by atoms with van der Waals surface area (Å²) < 4.78 is 53.7. The zero-order valence-electron chi connectivity index (χ0n) is 25.2. The number of alkyl halides is 2. The van der Waals surface area contributed by atoms with Crippen LogP contribution in [-0.4, -0.2) is 80.6 Å². The molecule has 0 radical (unpaired) electrons. The van der Waals surface area contributed by atoms with Crippen molar-refractivity contribution in [3.63, 3.8) is 0 Å². The summed E-state index contributed by atoms with van der Waals surface area (Å²) in [5.41, 5.74) is 0.0788. The molecule has 0 bridgehead atoms. The highest BCUT2D eigenvalue weighted by Crippen LogP contribution is 2.51. The number of methoxy groups -OCH3 is 4. The van der Waals surface area contributed by atoms with Gasteiger partial charge in [-0.25, -0.2) is 9.97 Å². The highest BCUT2D eigenvalue weighted by atomic mass is 19.3. The highest BCUT2D eigenvalue weighted by Gasteiger charge is 2.45. The Hall–Kier alpha value is -4.80. The van der Waals surface area contributed by atoms with E-state index in [4.69, 9.17) is 23.9 Å². The number of fused-ring (bicyclic) bond motifs is 1. The van der Waals surface area contributed by atoms with Gasteiger partial charge in [0.25, 0.3) is 5.88 Å². The lowest BCUT2D eigenvalue weighted by Gasteiger charge is -2.39. The number of ether oxygens (including phenoxy) is 5. The van der Waals surface area contributed by atoms with Crippen LogP contribution in [0.3, 0.4) is 0 Å². The Balaban J connectivity index is 2.15. The number of rotatable bonds is 13. The Kier molecular flexibility index (Phi) is 9.97. The van der Waals surface area contributed by atoms with Crippen LogP contribution in [0.2, 0.25) is 0 Å². The quantitative estimate of drug-likeness (QED) is 0.230. The topological polar surface area (TPSA) is 132 Å². The second-order valence-electron chi connectivity index (χ2n) is 10.1. The maximum atomic E-state index is 13.4. The summed E-state index contributed by atoms with van der Waals surface area (Å²) in [5.74, 6) is -0.990. The molecule has 2 unspecified atom stereocenters. The van der Waals surface area contributed by atoms with Gasteiger partial charge in [0.15, 0.2) is 5.75 Å². The number of benzene rings is 1. The van der Waals surface area contributed by atoms with Crippen LogP contribution in [0.15, 0.2) is 48.7 Å². The molecule has 3 heterocycles. The second kappa shape index (κ2) is 13.7. The second-order valence-corrected chi connectivity index (χ2v) is 10.1. The third kappa shape index (κ3) is 6.56. The molecule has 0 spiro atoms. The van der Waals surface area contributed by atoms with Crippen LogP contribution in [0.5, 0.6) is 29.3 Å². The van der Waals surface area contributed by atoms with Gasteiger partial charge in [-0.3, -0.25) is 0 Å². The fourth-order valence-electron chi connectivity index (χ4n) is 5.15. The van der Waals surface area contributed by atoms with E-state index in [-0.39, 0.29) is 35.4 Å². The van der Waals surface area contributed by atoms with Gasteiger partial charge in [-0.05, 0) is 56.4 Å². The number of nitriles is 1. The first-order valence-electron chi connectivity index (χ1n) is 13.4. The summed E-state index contributed by atoms with van der Waals surface area (Å²) in [6.45, 7) is -2.81. The molecule has 0 fully saturated rings. The minimum atomic E-state index is -3.17. The van der Waals surface area contributed by atoms with Gasteiger partial charge in [0.05, 0.1) is 51.5 Å². The molecule has 0 aliphatic carbocycles. The van der Waals surface area contributed by atoms with E-state index in [1.54, 1.807) is 30.3 Å². The predicted molar refractivity (Wildman–Crippen MR) is 157 cm³/mol. The lowest BCUT2D eigenvalue weighted by Crippen LogP contribution is -2.38. The lowest BCUT2D eigenvalue weighted by atomic mass is 9.71. The van der Waals surface area contributed by atoms with Gasteiger partial charge in [-0.15, -0.1) is 0 Å². The van der Waals surface area contributed by atoms with E-state index in [1.807, 2.05) is 19.0 Å². The fraction of sp³-hybridized carbons (Fsp3) is 0.355. The summed E-state index contributed by atoms with van der Waals surface area (Å²) in [6, 6.07) is 13.3. The third-order valence-electron chi connectivity index (χ3n) is 7.17. The van der Waals surface area contributed by atoms with Crippen LogP contribution < -0.4 is 23.7 Å². The van der Waals surface area contributed by atoms with E-state index in [9.17, 15) is 19.1 Å². The Labute approximate surface area is 253 Å². The molecular weight excluding hydrogens is 576 g/mol. The number of nitrogens with zero attached hydrogens (tertiary/aromatic N) is 5. The Morgan fingerprint density at radius 2 is 1.64 bits per heavy atom. The number of pyridine rings is 3. The zero-order chi connectivity index (χ0) is 32.0. The standard InChI is InChI=1S/C31H33F2N5O6/c1-38(2)12-10-31(39,20-15-24(40-3)37-25(16-20)44-30(32)33)26(21-9-11-35-29(43-6)27(21)41-4)22-14-19-13-18(17-34)7-8-23(19)36-28(22)42-5/h7-9,11,13-16,26,30,39H,10,12H2,1-6H3. The molecule has 0 saturated heterocycles. The molecule has 4 rings (SSSR count). The maximum Gasteiger partial charge on any atom is 0.388 e. The first-order valence-corrected chi connectivity index (χ1v) is 13.4. The molecule has 0 aliphatic rings. The Bertz CT molecular complexity index is 1670. The van der Waals surface area contributed by atoms with Crippen molar-refractivity contribution in [1.29, 1.82) is 5.26 Å². The van der Waals surface area contributed by atoms with Gasteiger partial charge >= 0.3 is 6.61 Å². The summed E-state index contributed by atoms with van der Waals surface area (Å²) in [5, 5.41) is 23.2. The van der Waals surface area contributed by atoms with Crippen LogP contribution >= 0.6 is 0 Å². The number of hydrogen-bond acceptors (Lipinski definition) is 11. The summed E-state index contributed by atoms with van der Waals surface area (Å²) in [4.78, 5) is 14.8. The molecule has 4 aromatic rings. The van der Waals surface area contributed by atoms with Crippen molar-refractivity contribution >= 4 is 10.9 Å². The predicted octanol–water partition coefficient (Wildman–Crippen LogP) is 4.50. The van der Waals surface area contributed by atoms with E-state index < -0.39 is 24.0 Å². The minimum Gasteiger partial charge on any atom is -0.491 e. The Morgan fingerprint density at radius 3 is 2.25 bits per heavy atom. The van der Waals surface area contributed by atoms with Gasteiger partial charge in [0.1, 0.15) is 5.60 Å². The normalized spacial score (nSPS) is 13.3. The molecule has 3 aromatic heterocycles. The number of aliphatic hydroxyl groups is 1. The van der Waals surface area contributed by atoms with Crippen LogP contribution in [0.1, 0.15) is 34.6 Å². The van der Waals surface area contributed by atoms with Gasteiger partial charge in [-0.1, -0.05) is 0 Å². The lowest BCUT2D eigenvalue weighted by molar-refractivity contribution is -0.0538. The number of aromatic nitrogens is 3. The van der Waals surface area contributed by atoms with E-state index in [0.717, 1.165) is 0 Å². The van der Waals surface area contributed by atoms with Crippen LogP contribution in [0, 0.1) is 11.3 Å².